The number of aromatic amines is 1. The minimum atomic E-state index is -0.0517. The number of pyridine rings is 1. The van der Waals surface area contributed by atoms with Crippen molar-refractivity contribution >= 4 is 0 Å². The minimum Gasteiger partial charge on any atom is -0.378 e. The van der Waals surface area contributed by atoms with E-state index >= 15 is 0 Å². The predicted molar refractivity (Wildman–Crippen MR) is 48.5 cm³/mol. The van der Waals surface area contributed by atoms with Crippen molar-refractivity contribution in [3.63, 3.8) is 0 Å². The lowest BCUT2D eigenvalue weighted by Crippen LogP contribution is -2.45. The Morgan fingerprint density at radius 1 is 1.62 bits per heavy atom. The molecule has 0 atom stereocenters. The van der Waals surface area contributed by atoms with E-state index in [1.807, 2.05) is 6.07 Å². The van der Waals surface area contributed by atoms with E-state index in [2.05, 4.69) is 10.3 Å². The van der Waals surface area contributed by atoms with Crippen molar-refractivity contribution in [3.05, 3.63) is 34.2 Å². The van der Waals surface area contributed by atoms with E-state index in [0.29, 0.717) is 6.04 Å². The van der Waals surface area contributed by atoms with Crippen LogP contribution in [0.2, 0.25) is 0 Å². The van der Waals surface area contributed by atoms with Gasteiger partial charge in [0, 0.05) is 18.8 Å². The molecule has 2 heterocycles. The first kappa shape index (κ1) is 8.47. The van der Waals surface area contributed by atoms with Gasteiger partial charge in [-0.05, 0) is 11.6 Å². The van der Waals surface area contributed by atoms with Crippen molar-refractivity contribution in [1.82, 2.24) is 10.3 Å². The van der Waals surface area contributed by atoms with Gasteiger partial charge >= 0.3 is 0 Å². The largest absolute Gasteiger partial charge is 0.378 e. The number of hydrogen-bond donors (Lipinski definition) is 2. The molecule has 0 bridgehead atoms. The Morgan fingerprint density at radius 2 is 2.46 bits per heavy atom. The SMILES string of the molecule is O=c1cc(CNC2COC2)cc[nH]1. The van der Waals surface area contributed by atoms with Crippen molar-refractivity contribution in [2.45, 2.75) is 12.6 Å². The van der Waals surface area contributed by atoms with Crippen molar-refractivity contribution in [2.75, 3.05) is 13.2 Å². The monoisotopic (exact) mass is 180 g/mol. The summed E-state index contributed by atoms with van der Waals surface area (Å²) in [5.74, 6) is 0. The van der Waals surface area contributed by atoms with Gasteiger partial charge in [0.15, 0.2) is 0 Å². The Labute approximate surface area is 75.9 Å². The lowest BCUT2D eigenvalue weighted by Gasteiger charge is -2.26. The van der Waals surface area contributed by atoms with Gasteiger partial charge < -0.3 is 15.0 Å². The summed E-state index contributed by atoms with van der Waals surface area (Å²) in [4.78, 5) is 13.5. The fraction of sp³-hybridized carbons (Fsp3) is 0.444. The maximum absolute atomic E-state index is 10.9. The third kappa shape index (κ3) is 2.17. The van der Waals surface area contributed by atoms with E-state index in [4.69, 9.17) is 4.74 Å². The summed E-state index contributed by atoms with van der Waals surface area (Å²) in [6.07, 6.45) is 1.66. The zero-order valence-electron chi connectivity index (χ0n) is 7.25. The Hall–Kier alpha value is -1.13. The molecule has 4 heteroatoms. The highest BCUT2D eigenvalue weighted by molar-refractivity contribution is 5.09. The van der Waals surface area contributed by atoms with Crippen molar-refractivity contribution in [2.24, 2.45) is 0 Å². The maximum atomic E-state index is 10.9. The second-order valence-corrected chi connectivity index (χ2v) is 3.18. The Balaban J connectivity index is 1.89. The summed E-state index contributed by atoms with van der Waals surface area (Å²) in [7, 11) is 0. The van der Waals surface area contributed by atoms with Crippen LogP contribution < -0.4 is 10.9 Å². The lowest BCUT2D eigenvalue weighted by atomic mass is 10.2. The van der Waals surface area contributed by atoms with Gasteiger partial charge in [0.2, 0.25) is 5.56 Å². The number of rotatable bonds is 3. The van der Waals surface area contributed by atoms with Crippen LogP contribution in [-0.2, 0) is 11.3 Å². The van der Waals surface area contributed by atoms with Crippen LogP contribution in [0.15, 0.2) is 23.1 Å². The van der Waals surface area contributed by atoms with Crippen LogP contribution in [-0.4, -0.2) is 24.2 Å². The Bertz CT molecular complexity index is 330. The first-order valence-electron chi connectivity index (χ1n) is 4.33. The van der Waals surface area contributed by atoms with Gasteiger partial charge in [-0.25, -0.2) is 0 Å². The zero-order valence-corrected chi connectivity index (χ0v) is 7.25. The van der Waals surface area contributed by atoms with E-state index in [1.54, 1.807) is 12.3 Å². The average Bonchev–Trinajstić information content (AvgIpc) is 2.01. The lowest BCUT2D eigenvalue weighted by molar-refractivity contribution is -0.00578. The highest BCUT2D eigenvalue weighted by atomic mass is 16.5. The molecule has 1 aromatic heterocycles. The number of ether oxygens (including phenoxy) is 1. The van der Waals surface area contributed by atoms with Gasteiger partial charge in [-0.3, -0.25) is 4.79 Å². The normalized spacial score (nSPS) is 16.9. The van der Waals surface area contributed by atoms with E-state index in [0.717, 1.165) is 25.3 Å². The molecule has 1 aliphatic rings. The molecule has 0 aromatic carbocycles. The minimum absolute atomic E-state index is 0.0517. The molecule has 4 nitrogen and oxygen atoms in total. The fourth-order valence-corrected chi connectivity index (χ4v) is 1.21. The standard InChI is InChI=1S/C9H12N2O2/c12-9-3-7(1-2-10-9)4-11-8-5-13-6-8/h1-3,8,11H,4-6H2,(H,10,12). The van der Waals surface area contributed by atoms with Gasteiger partial charge in [0.05, 0.1) is 19.3 Å². The van der Waals surface area contributed by atoms with Crippen LogP contribution in [0, 0.1) is 0 Å². The van der Waals surface area contributed by atoms with Crippen LogP contribution in [0.4, 0.5) is 0 Å². The first-order valence-corrected chi connectivity index (χ1v) is 4.33. The maximum Gasteiger partial charge on any atom is 0.248 e. The molecule has 1 aromatic rings. The molecule has 2 rings (SSSR count). The van der Waals surface area contributed by atoms with E-state index in [-0.39, 0.29) is 5.56 Å². The molecule has 70 valence electrons. The summed E-state index contributed by atoms with van der Waals surface area (Å²) in [5.41, 5.74) is 0.958. The summed E-state index contributed by atoms with van der Waals surface area (Å²) in [6, 6.07) is 3.96. The van der Waals surface area contributed by atoms with Crippen LogP contribution in [0.25, 0.3) is 0 Å². The molecule has 0 saturated carbocycles. The van der Waals surface area contributed by atoms with Gasteiger partial charge in [-0.15, -0.1) is 0 Å². The Kier molecular flexibility index (Phi) is 2.42. The van der Waals surface area contributed by atoms with Crippen LogP contribution in [0.3, 0.4) is 0 Å². The van der Waals surface area contributed by atoms with E-state index < -0.39 is 0 Å². The third-order valence-corrected chi connectivity index (χ3v) is 2.07. The van der Waals surface area contributed by atoms with Gasteiger partial charge in [0.1, 0.15) is 0 Å². The molecule has 1 aliphatic heterocycles. The first-order chi connectivity index (χ1) is 6.34. The molecular formula is C9H12N2O2. The molecule has 0 aliphatic carbocycles. The molecular weight excluding hydrogens is 168 g/mol. The summed E-state index contributed by atoms with van der Waals surface area (Å²) in [6.45, 7) is 2.30. The summed E-state index contributed by atoms with van der Waals surface area (Å²) < 4.78 is 5.02. The number of H-pyrrole nitrogens is 1. The van der Waals surface area contributed by atoms with Crippen LogP contribution in [0.1, 0.15) is 5.56 Å². The molecule has 0 radical (unpaired) electrons. The molecule has 0 unspecified atom stereocenters. The smallest absolute Gasteiger partial charge is 0.248 e. The summed E-state index contributed by atoms with van der Waals surface area (Å²) >= 11 is 0. The average molecular weight is 180 g/mol. The molecule has 1 saturated heterocycles. The predicted octanol–water partition coefficient (Wildman–Crippen LogP) is -0.137. The third-order valence-electron chi connectivity index (χ3n) is 2.07. The van der Waals surface area contributed by atoms with Crippen LogP contribution >= 0.6 is 0 Å². The number of hydrogen-bond acceptors (Lipinski definition) is 3. The fourth-order valence-electron chi connectivity index (χ4n) is 1.21. The zero-order chi connectivity index (χ0) is 9.10. The van der Waals surface area contributed by atoms with Crippen molar-refractivity contribution in [3.8, 4) is 0 Å². The van der Waals surface area contributed by atoms with E-state index in [9.17, 15) is 4.79 Å². The highest BCUT2D eigenvalue weighted by Crippen LogP contribution is 2.01. The highest BCUT2D eigenvalue weighted by Gasteiger charge is 2.16. The molecule has 0 spiro atoms. The topological polar surface area (TPSA) is 54.1 Å². The molecule has 2 N–H and O–H groups in total. The van der Waals surface area contributed by atoms with Crippen molar-refractivity contribution in [1.29, 1.82) is 0 Å². The quantitative estimate of drug-likeness (QED) is 0.681. The summed E-state index contributed by atoms with van der Waals surface area (Å²) in [5, 5.41) is 3.28. The molecule has 13 heavy (non-hydrogen) atoms. The second kappa shape index (κ2) is 3.72. The van der Waals surface area contributed by atoms with Crippen LogP contribution in [0.5, 0.6) is 0 Å². The van der Waals surface area contributed by atoms with E-state index in [1.165, 1.54) is 0 Å². The molecule has 0 amide bonds. The van der Waals surface area contributed by atoms with Gasteiger partial charge in [-0.2, -0.15) is 0 Å². The van der Waals surface area contributed by atoms with Gasteiger partial charge in [0.25, 0.3) is 0 Å². The second-order valence-electron chi connectivity index (χ2n) is 3.18. The van der Waals surface area contributed by atoms with Crippen molar-refractivity contribution < 1.29 is 4.74 Å². The molecule has 1 fully saturated rings. The Morgan fingerprint density at radius 3 is 3.08 bits per heavy atom. The van der Waals surface area contributed by atoms with Gasteiger partial charge in [-0.1, -0.05) is 0 Å². The number of nitrogens with one attached hydrogen (secondary N) is 2. The number of aromatic nitrogens is 1.